The molecule has 0 saturated carbocycles. The van der Waals surface area contributed by atoms with Crippen LogP contribution in [-0.2, 0) is 11.3 Å². The molecule has 0 unspecified atom stereocenters. The summed E-state index contributed by atoms with van der Waals surface area (Å²) in [6, 6.07) is 7.96. The summed E-state index contributed by atoms with van der Waals surface area (Å²) in [6.07, 6.45) is 0. The van der Waals surface area contributed by atoms with E-state index in [2.05, 4.69) is 15.0 Å². The molecule has 1 aromatic carbocycles. The van der Waals surface area contributed by atoms with E-state index in [1.165, 1.54) is 11.8 Å². The van der Waals surface area contributed by atoms with Gasteiger partial charge in [-0.1, -0.05) is 35.0 Å². The van der Waals surface area contributed by atoms with Crippen molar-refractivity contribution in [2.24, 2.45) is 0 Å². The van der Waals surface area contributed by atoms with Crippen LogP contribution >= 0.6 is 0 Å². The summed E-state index contributed by atoms with van der Waals surface area (Å²) in [5.41, 5.74) is 8.05. The lowest BCUT2D eigenvalue weighted by Crippen LogP contribution is -2.09. The molecule has 0 atom stereocenters. The van der Waals surface area contributed by atoms with Gasteiger partial charge in [0.1, 0.15) is 0 Å². The van der Waals surface area contributed by atoms with E-state index < -0.39 is 5.97 Å². The Morgan fingerprint density at radius 3 is 2.94 bits per heavy atom. The molecule has 18 heavy (non-hydrogen) atoms. The number of methoxy groups -OCH3 is 1. The molecule has 1 aromatic heterocycles. The Kier molecular flexibility index (Phi) is 3.27. The normalized spacial score (nSPS) is 10.3. The second kappa shape index (κ2) is 4.87. The molecule has 0 amide bonds. The SMILES string of the molecule is COC(=O)c1nnn(Cc2cccc(C)c2)c1N. The van der Waals surface area contributed by atoms with Gasteiger partial charge < -0.3 is 10.5 Å². The van der Waals surface area contributed by atoms with Crippen molar-refractivity contribution in [2.45, 2.75) is 13.5 Å². The van der Waals surface area contributed by atoms with E-state index in [0.717, 1.165) is 11.1 Å². The molecule has 0 bridgehead atoms. The van der Waals surface area contributed by atoms with Crippen molar-refractivity contribution in [1.29, 1.82) is 0 Å². The van der Waals surface area contributed by atoms with Crippen LogP contribution < -0.4 is 5.73 Å². The highest BCUT2D eigenvalue weighted by molar-refractivity contribution is 5.91. The minimum absolute atomic E-state index is 0.0464. The highest BCUT2D eigenvalue weighted by Crippen LogP contribution is 2.12. The van der Waals surface area contributed by atoms with Gasteiger partial charge in [-0.25, -0.2) is 9.48 Å². The Morgan fingerprint density at radius 2 is 2.28 bits per heavy atom. The Labute approximate surface area is 104 Å². The number of rotatable bonds is 3. The lowest BCUT2D eigenvalue weighted by molar-refractivity contribution is 0.0595. The summed E-state index contributed by atoms with van der Waals surface area (Å²) in [5.74, 6) is -0.369. The smallest absolute Gasteiger partial charge is 0.362 e. The third-order valence-electron chi connectivity index (χ3n) is 2.57. The number of benzene rings is 1. The fourth-order valence-electron chi connectivity index (χ4n) is 1.66. The first kappa shape index (κ1) is 12.1. The highest BCUT2D eigenvalue weighted by Gasteiger charge is 2.17. The molecule has 0 aliphatic heterocycles. The number of hydrogen-bond acceptors (Lipinski definition) is 5. The van der Waals surface area contributed by atoms with Crippen LogP contribution in [0.1, 0.15) is 21.6 Å². The van der Waals surface area contributed by atoms with E-state index in [-0.39, 0.29) is 11.5 Å². The number of nitrogen functional groups attached to an aromatic ring is 1. The first-order valence-corrected chi connectivity index (χ1v) is 5.44. The van der Waals surface area contributed by atoms with Crippen molar-refractivity contribution in [1.82, 2.24) is 15.0 Å². The molecule has 1 heterocycles. The Bertz CT molecular complexity index is 577. The highest BCUT2D eigenvalue weighted by atomic mass is 16.5. The van der Waals surface area contributed by atoms with Gasteiger partial charge in [-0.05, 0) is 12.5 Å². The van der Waals surface area contributed by atoms with E-state index in [0.29, 0.717) is 6.54 Å². The van der Waals surface area contributed by atoms with Crippen molar-refractivity contribution in [3.05, 3.63) is 41.1 Å². The van der Waals surface area contributed by atoms with E-state index >= 15 is 0 Å². The summed E-state index contributed by atoms with van der Waals surface area (Å²) in [5, 5.41) is 7.57. The summed E-state index contributed by atoms with van der Waals surface area (Å²) in [4.78, 5) is 11.3. The zero-order valence-electron chi connectivity index (χ0n) is 10.3. The van der Waals surface area contributed by atoms with Crippen LogP contribution in [0.5, 0.6) is 0 Å². The van der Waals surface area contributed by atoms with Crippen LogP contribution in [0.15, 0.2) is 24.3 Å². The maximum Gasteiger partial charge on any atom is 0.362 e. The Balaban J connectivity index is 2.25. The summed E-state index contributed by atoms with van der Waals surface area (Å²) in [6.45, 7) is 2.48. The number of ether oxygens (including phenoxy) is 1. The molecule has 0 aliphatic rings. The largest absolute Gasteiger partial charge is 0.464 e. The van der Waals surface area contributed by atoms with Crippen molar-refractivity contribution < 1.29 is 9.53 Å². The molecular formula is C12H14N4O2. The molecule has 94 valence electrons. The maximum absolute atomic E-state index is 11.3. The van der Waals surface area contributed by atoms with Crippen molar-refractivity contribution in [2.75, 3.05) is 12.8 Å². The van der Waals surface area contributed by atoms with Gasteiger partial charge in [0.15, 0.2) is 5.82 Å². The molecule has 0 spiro atoms. The Morgan fingerprint density at radius 1 is 1.50 bits per heavy atom. The van der Waals surface area contributed by atoms with Gasteiger partial charge in [-0.15, -0.1) is 5.10 Å². The average molecular weight is 246 g/mol. The monoisotopic (exact) mass is 246 g/mol. The molecule has 2 rings (SSSR count). The van der Waals surface area contributed by atoms with Crippen molar-refractivity contribution in [3.63, 3.8) is 0 Å². The van der Waals surface area contributed by atoms with Crippen LogP contribution in [-0.4, -0.2) is 28.1 Å². The molecule has 6 nitrogen and oxygen atoms in total. The number of nitrogens with zero attached hydrogens (tertiary/aromatic N) is 3. The zero-order chi connectivity index (χ0) is 13.1. The van der Waals surface area contributed by atoms with E-state index in [1.807, 2.05) is 31.2 Å². The van der Waals surface area contributed by atoms with Gasteiger partial charge in [0.2, 0.25) is 5.69 Å². The number of anilines is 1. The molecular weight excluding hydrogens is 232 g/mol. The minimum Gasteiger partial charge on any atom is -0.464 e. The number of carbonyl (C=O) groups excluding carboxylic acids is 1. The van der Waals surface area contributed by atoms with Gasteiger partial charge in [0.05, 0.1) is 13.7 Å². The van der Waals surface area contributed by atoms with E-state index in [1.54, 1.807) is 0 Å². The molecule has 0 aliphatic carbocycles. The quantitative estimate of drug-likeness (QED) is 0.817. The molecule has 0 fully saturated rings. The fourth-order valence-corrected chi connectivity index (χ4v) is 1.66. The molecule has 0 radical (unpaired) electrons. The van der Waals surface area contributed by atoms with Crippen molar-refractivity contribution in [3.8, 4) is 0 Å². The number of aryl methyl sites for hydroxylation is 1. The van der Waals surface area contributed by atoms with Crippen LogP contribution in [0.25, 0.3) is 0 Å². The average Bonchev–Trinajstić information content (AvgIpc) is 2.70. The fraction of sp³-hybridized carbons (Fsp3) is 0.250. The molecule has 2 aromatic rings. The van der Waals surface area contributed by atoms with Gasteiger partial charge >= 0.3 is 5.97 Å². The van der Waals surface area contributed by atoms with Gasteiger partial charge in [0, 0.05) is 0 Å². The topological polar surface area (TPSA) is 83.0 Å². The number of carbonyl (C=O) groups is 1. The molecule has 2 N–H and O–H groups in total. The van der Waals surface area contributed by atoms with Gasteiger partial charge in [-0.3, -0.25) is 0 Å². The number of esters is 1. The number of nitrogens with two attached hydrogens (primary N) is 1. The third kappa shape index (κ3) is 2.32. The second-order valence-corrected chi connectivity index (χ2v) is 3.96. The van der Waals surface area contributed by atoms with Crippen LogP contribution in [0.2, 0.25) is 0 Å². The van der Waals surface area contributed by atoms with Crippen molar-refractivity contribution >= 4 is 11.8 Å². The van der Waals surface area contributed by atoms with Crippen LogP contribution in [0, 0.1) is 6.92 Å². The summed E-state index contributed by atoms with van der Waals surface area (Å²) < 4.78 is 6.04. The maximum atomic E-state index is 11.3. The lowest BCUT2D eigenvalue weighted by atomic mass is 10.1. The summed E-state index contributed by atoms with van der Waals surface area (Å²) >= 11 is 0. The third-order valence-corrected chi connectivity index (χ3v) is 2.57. The zero-order valence-corrected chi connectivity index (χ0v) is 10.3. The van der Waals surface area contributed by atoms with E-state index in [4.69, 9.17) is 5.73 Å². The molecule has 6 heteroatoms. The predicted molar refractivity (Wildman–Crippen MR) is 66.1 cm³/mol. The molecule has 0 saturated heterocycles. The second-order valence-electron chi connectivity index (χ2n) is 3.96. The van der Waals surface area contributed by atoms with Gasteiger partial charge in [-0.2, -0.15) is 0 Å². The first-order chi connectivity index (χ1) is 8.61. The van der Waals surface area contributed by atoms with Crippen LogP contribution in [0.3, 0.4) is 0 Å². The number of aromatic nitrogens is 3. The number of hydrogen-bond donors (Lipinski definition) is 1. The van der Waals surface area contributed by atoms with E-state index in [9.17, 15) is 4.79 Å². The summed E-state index contributed by atoms with van der Waals surface area (Å²) in [7, 11) is 1.28. The predicted octanol–water partition coefficient (Wildman–Crippen LogP) is 1.00. The first-order valence-electron chi connectivity index (χ1n) is 5.44. The van der Waals surface area contributed by atoms with Crippen LogP contribution in [0.4, 0.5) is 5.82 Å². The standard InChI is InChI=1S/C12H14N4O2/c1-8-4-3-5-9(6-8)7-16-11(13)10(14-15-16)12(17)18-2/h3-6H,7,13H2,1-2H3. The Hall–Kier alpha value is -2.37. The lowest BCUT2D eigenvalue weighted by Gasteiger charge is -2.04. The minimum atomic E-state index is -0.581. The van der Waals surface area contributed by atoms with Gasteiger partial charge in [0.25, 0.3) is 0 Å².